The van der Waals surface area contributed by atoms with Gasteiger partial charge in [0.1, 0.15) is 5.82 Å². The third kappa shape index (κ3) is 2.26. The molecule has 20 heavy (non-hydrogen) atoms. The second kappa shape index (κ2) is 5.25. The maximum absolute atomic E-state index is 14.1. The molecule has 3 aromatic carbocycles. The summed E-state index contributed by atoms with van der Waals surface area (Å²) in [5, 5.41) is 2.37. The van der Waals surface area contributed by atoms with E-state index in [1.54, 1.807) is 24.3 Å². The first-order valence-corrected chi connectivity index (χ1v) is 7.03. The van der Waals surface area contributed by atoms with Crippen LogP contribution in [0.5, 0.6) is 0 Å². The van der Waals surface area contributed by atoms with Gasteiger partial charge in [0.05, 0.1) is 15.1 Å². The van der Waals surface area contributed by atoms with Gasteiger partial charge in [-0.1, -0.05) is 65.1 Å². The Bertz CT molecular complexity index is 812. The predicted octanol–water partition coefficient (Wildman–Crippen LogP) is 6.61. The highest BCUT2D eigenvalue weighted by molar-refractivity contribution is 6.49. The van der Waals surface area contributed by atoms with E-state index in [2.05, 4.69) is 0 Å². The van der Waals surface area contributed by atoms with Crippen LogP contribution in [0.25, 0.3) is 21.9 Å². The lowest BCUT2D eigenvalue weighted by atomic mass is 10.0. The molecule has 0 heterocycles. The van der Waals surface area contributed by atoms with Gasteiger partial charge in [0.25, 0.3) is 0 Å². The van der Waals surface area contributed by atoms with Crippen molar-refractivity contribution in [2.45, 2.75) is 0 Å². The second-order valence-corrected chi connectivity index (χ2v) is 5.57. The Kier molecular flexibility index (Phi) is 3.59. The van der Waals surface area contributed by atoms with Gasteiger partial charge in [0.2, 0.25) is 0 Å². The quantitative estimate of drug-likeness (QED) is 0.442. The Labute approximate surface area is 130 Å². The van der Waals surface area contributed by atoms with Crippen LogP contribution in [0.4, 0.5) is 4.39 Å². The van der Waals surface area contributed by atoms with Crippen molar-refractivity contribution in [2.75, 3.05) is 0 Å². The summed E-state index contributed by atoms with van der Waals surface area (Å²) in [6, 6.07) is 14.0. The Morgan fingerprint density at radius 3 is 2.35 bits per heavy atom. The van der Waals surface area contributed by atoms with Crippen molar-refractivity contribution in [2.24, 2.45) is 0 Å². The van der Waals surface area contributed by atoms with Crippen LogP contribution in [0.15, 0.2) is 48.5 Å². The highest BCUT2D eigenvalue weighted by Gasteiger charge is 2.12. The molecule has 3 aromatic rings. The van der Waals surface area contributed by atoms with Crippen molar-refractivity contribution >= 4 is 45.6 Å². The molecule has 0 bridgehead atoms. The molecule has 0 spiro atoms. The lowest BCUT2D eigenvalue weighted by Gasteiger charge is -2.09. The first kappa shape index (κ1) is 13.7. The van der Waals surface area contributed by atoms with Crippen LogP contribution in [-0.2, 0) is 0 Å². The van der Waals surface area contributed by atoms with Crippen LogP contribution in [0.2, 0.25) is 15.1 Å². The van der Waals surface area contributed by atoms with Crippen molar-refractivity contribution < 1.29 is 4.39 Å². The minimum absolute atomic E-state index is 0.277. The summed E-state index contributed by atoms with van der Waals surface area (Å²) in [5.41, 5.74) is 1.33. The number of rotatable bonds is 1. The molecule has 0 fully saturated rings. The molecule has 0 aliphatic rings. The van der Waals surface area contributed by atoms with Gasteiger partial charge >= 0.3 is 0 Å². The fraction of sp³-hybridized carbons (Fsp3) is 0. The van der Waals surface area contributed by atoms with Crippen LogP contribution in [0, 0.1) is 5.82 Å². The summed E-state index contributed by atoms with van der Waals surface area (Å²) in [4.78, 5) is 0. The van der Waals surface area contributed by atoms with E-state index in [0.717, 1.165) is 5.39 Å². The van der Waals surface area contributed by atoms with E-state index < -0.39 is 0 Å². The largest absolute Gasteiger partial charge is 0.206 e. The number of fused-ring (bicyclic) bond motifs is 1. The molecule has 100 valence electrons. The topological polar surface area (TPSA) is 0 Å². The van der Waals surface area contributed by atoms with Gasteiger partial charge < -0.3 is 0 Å². The maximum Gasteiger partial charge on any atom is 0.131 e. The summed E-state index contributed by atoms with van der Waals surface area (Å²) in [7, 11) is 0. The molecule has 0 aliphatic carbocycles. The molecule has 0 saturated carbocycles. The van der Waals surface area contributed by atoms with Crippen molar-refractivity contribution in [3.63, 3.8) is 0 Å². The van der Waals surface area contributed by atoms with E-state index in [-0.39, 0.29) is 10.8 Å². The van der Waals surface area contributed by atoms with Crippen molar-refractivity contribution in [3.8, 4) is 11.1 Å². The van der Waals surface area contributed by atoms with Gasteiger partial charge in [-0.05, 0) is 29.1 Å². The van der Waals surface area contributed by atoms with Crippen LogP contribution in [0.3, 0.4) is 0 Å². The van der Waals surface area contributed by atoms with E-state index >= 15 is 0 Å². The van der Waals surface area contributed by atoms with Crippen molar-refractivity contribution in [1.29, 1.82) is 0 Å². The zero-order chi connectivity index (χ0) is 14.3. The van der Waals surface area contributed by atoms with E-state index in [0.29, 0.717) is 26.6 Å². The van der Waals surface area contributed by atoms with Crippen LogP contribution < -0.4 is 0 Å². The number of hydrogen-bond acceptors (Lipinski definition) is 0. The summed E-state index contributed by atoms with van der Waals surface area (Å²) in [6.45, 7) is 0. The number of halogens is 4. The van der Waals surface area contributed by atoms with Gasteiger partial charge in [0.15, 0.2) is 0 Å². The van der Waals surface area contributed by atoms with E-state index in [1.807, 2.05) is 18.2 Å². The molecular weight excluding hydrogens is 318 g/mol. The molecule has 3 rings (SSSR count). The van der Waals surface area contributed by atoms with Gasteiger partial charge in [-0.15, -0.1) is 0 Å². The minimum atomic E-state index is -0.291. The SMILES string of the molecule is Fc1cc(-c2ccc(Cl)c(Cl)c2Cl)cc2ccccc12. The Balaban J connectivity index is 2.28. The molecule has 0 aliphatic heterocycles. The maximum atomic E-state index is 14.1. The monoisotopic (exact) mass is 324 g/mol. The molecule has 4 heteroatoms. The van der Waals surface area contributed by atoms with Gasteiger partial charge in [-0.25, -0.2) is 4.39 Å². The predicted molar refractivity (Wildman–Crippen MR) is 84.4 cm³/mol. The molecular formula is C16H8Cl3F. The van der Waals surface area contributed by atoms with Crippen molar-refractivity contribution in [1.82, 2.24) is 0 Å². The van der Waals surface area contributed by atoms with Crippen LogP contribution >= 0.6 is 34.8 Å². The standard InChI is InChI=1S/C16H8Cl3F/c17-13-6-5-12(15(18)16(13)19)10-7-9-3-1-2-4-11(9)14(20)8-10/h1-8H. The average molecular weight is 326 g/mol. The highest BCUT2D eigenvalue weighted by Crippen LogP contribution is 2.39. The molecule has 0 nitrogen and oxygen atoms in total. The molecule has 0 amide bonds. The van der Waals surface area contributed by atoms with E-state index in [4.69, 9.17) is 34.8 Å². The minimum Gasteiger partial charge on any atom is -0.206 e. The molecule has 0 radical (unpaired) electrons. The summed E-state index contributed by atoms with van der Waals surface area (Å²) >= 11 is 18.1. The van der Waals surface area contributed by atoms with Gasteiger partial charge in [0, 0.05) is 10.9 Å². The number of hydrogen-bond donors (Lipinski definition) is 0. The highest BCUT2D eigenvalue weighted by atomic mass is 35.5. The van der Waals surface area contributed by atoms with E-state index in [9.17, 15) is 4.39 Å². The lowest BCUT2D eigenvalue weighted by Crippen LogP contribution is -1.86. The normalized spacial score (nSPS) is 11.0. The lowest BCUT2D eigenvalue weighted by molar-refractivity contribution is 0.640. The smallest absolute Gasteiger partial charge is 0.131 e. The summed E-state index contributed by atoms with van der Waals surface area (Å²) < 4.78 is 14.1. The van der Waals surface area contributed by atoms with Gasteiger partial charge in [-0.2, -0.15) is 0 Å². The zero-order valence-corrected chi connectivity index (χ0v) is 12.4. The number of benzene rings is 3. The molecule has 0 N–H and O–H groups in total. The summed E-state index contributed by atoms with van der Waals surface area (Å²) in [6.07, 6.45) is 0. The summed E-state index contributed by atoms with van der Waals surface area (Å²) in [5.74, 6) is -0.291. The fourth-order valence-electron chi connectivity index (χ4n) is 2.17. The fourth-order valence-corrected chi connectivity index (χ4v) is 2.81. The first-order chi connectivity index (χ1) is 9.58. The third-order valence-corrected chi connectivity index (χ3v) is 4.45. The molecule has 0 aromatic heterocycles. The zero-order valence-electron chi connectivity index (χ0n) is 10.1. The Morgan fingerprint density at radius 1 is 0.800 bits per heavy atom. The van der Waals surface area contributed by atoms with Crippen molar-refractivity contribution in [3.05, 3.63) is 69.4 Å². The van der Waals surface area contributed by atoms with E-state index in [1.165, 1.54) is 6.07 Å². The molecule has 0 atom stereocenters. The molecule has 0 saturated heterocycles. The Hall–Kier alpha value is -1.28. The third-order valence-electron chi connectivity index (χ3n) is 3.16. The van der Waals surface area contributed by atoms with Crippen LogP contribution in [-0.4, -0.2) is 0 Å². The first-order valence-electron chi connectivity index (χ1n) is 5.90. The van der Waals surface area contributed by atoms with Crippen LogP contribution in [0.1, 0.15) is 0 Å². The van der Waals surface area contributed by atoms with Gasteiger partial charge in [-0.3, -0.25) is 0 Å². The Morgan fingerprint density at radius 2 is 1.55 bits per heavy atom. The average Bonchev–Trinajstić information content (AvgIpc) is 2.45. The molecule has 0 unspecified atom stereocenters. The second-order valence-electron chi connectivity index (χ2n) is 4.40.